The Kier molecular flexibility index (Phi) is 6.37. The van der Waals surface area contributed by atoms with Crippen molar-refractivity contribution in [2.75, 3.05) is 11.9 Å². The minimum absolute atomic E-state index is 0.349. The molecule has 0 aromatic heterocycles. The van der Waals surface area contributed by atoms with Crippen molar-refractivity contribution in [3.63, 3.8) is 0 Å². The lowest BCUT2D eigenvalue weighted by molar-refractivity contribution is -0.138. The zero-order valence-electron chi connectivity index (χ0n) is 14.7. The van der Waals surface area contributed by atoms with Crippen LogP contribution in [0, 0.1) is 16.7 Å². The van der Waals surface area contributed by atoms with Crippen LogP contribution in [0.15, 0.2) is 48.5 Å². The maximum absolute atomic E-state index is 12.4. The van der Waals surface area contributed by atoms with E-state index in [1.807, 2.05) is 18.2 Å². The van der Waals surface area contributed by atoms with Crippen molar-refractivity contribution in [1.82, 2.24) is 5.32 Å². The van der Waals surface area contributed by atoms with E-state index in [0.717, 1.165) is 5.56 Å². The quantitative estimate of drug-likeness (QED) is 0.764. The molecule has 6 heteroatoms. The molecule has 26 heavy (non-hydrogen) atoms. The summed E-state index contributed by atoms with van der Waals surface area (Å²) in [6, 6.07) is 15.9. The van der Waals surface area contributed by atoms with Crippen LogP contribution in [0.5, 0.6) is 0 Å². The number of halogens is 1. The topological polar surface area (TPSA) is 82.0 Å². The molecule has 2 aromatic rings. The van der Waals surface area contributed by atoms with Gasteiger partial charge in [0.2, 0.25) is 11.8 Å². The van der Waals surface area contributed by atoms with Crippen molar-refractivity contribution < 1.29 is 9.59 Å². The number of hydrogen-bond acceptors (Lipinski definition) is 3. The predicted molar refractivity (Wildman–Crippen MR) is 102 cm³/mol. The van der Waals surface area contributed by atoms with Gasteiger partial charge in [-0.25, -0.2) is 0 Å². The average Bonchev–Trinajstić information content (AvgIpc) is 2.63. The predicted octanol–water partition coefficient (Wildman–Crippen LogP) is 3.54. The van der Waals surface area contributed by atoms with Crippen LogP contribution < -0.4 is 10.6 Å². The Hall–Kier alpha value is -2.84. The summed E-state index contributed by atoms with van der Waals surface area (Å²) in [7, 11) is 0. The second-order valence-electron chi connectivity index (χ2n) is 6.40. The zero-order valence-corrected chi connectivity index (χ0v) is 15.4. The third-order valence-electron chi connectivity index (χ3n) is 4.02. The van der Waals surface area contributed by atoms with Gasteiger partial charge in [-0.05, 0) is 62.2 Å². The molecule has 134 valence electrons. The van der Waals surface area contributed by atoms with Crippen LogP contribution in [-0.2, 0) is 16.0 Å². The summed E-state index contributed by atoms with van der Waals surface area (Å²) in [4.78, 5) is 24.9. The Morgan fingerprint density at radius 2 is 1.65 bits per heavy atom. The van der Waals surface area contributed by atoms with Crippen molar-refractivity contribution in [3.8, 4) is 6.07 Å². The summed E-state index contributed by atoms with van der Waals surface area (Å²) in [6.45, 7) is 3.57. The average molecular weight is 370 g/mol. The fourth-order valence-electron chi connectivity index (χ4n) is 2.21. The molecule has 2 aromatic carbocycles. The van der Waals surface area contributed by atoms with Crippen molar-refractivity contribution in [3.05, 3.63) is 64.7 Å². The first-order valence-electron chi connectivity index (χ1n) is 8.17. The highest BCUT2D eigenvalue weighted by Crippen LogP contribution is 2.19. The standard InChI is InChI=1S/C20H20ClN3O2/c1-20(2,19(26)24-17-9-5-15(13-22)6-10-17)18(25)23-12-11-14-3-7-16(21)8-4-14/h3-10H,11-12H2,1-2H3,(H,23,25)(H,24,26). The van der Waals surface area contributed by atoms with E-state index in [0.29, 0.717) is 29.2 Å². The number of carbonyl (C=O) groups is 2. The zero-order chi connectivity index (χ0) is 19.2. The lowest BCUT2D eigenvalue weighted by Crippen LogP contribution is -2.45. The summed E-state index contributed by atoms with van der Waals surface area (Å²) in [6.07, 6.45) is 0.649. The molecule has 5 nitrogen and oxygen atoms in total. The van der Waals surface area contributed by atoms with E-state index in [1.165, 1.54) is 0 Å². The van der Waals surface area contributed by atoms with E-state index in [1.54, 1.807) is 50.2 Å². The molecule has 0 saturated carbocycles. The van der Waals surface area contributed by atoms with Gasteiger partial charge in [0.25, 0.3) is 0 Å². The van der Waals surface area contributed by atoms with Crippen molar-refractivity contribution >= 4 is 29.1 Å². The van der Waals surface area contributed by atoms with Gasteiger partial charge in [0.1, 0.15) is 5.41 Å². The van der Waals surface area contributed by atoms with Gasteiger partial charge in [0.15, 0.2) is 0 Å². The SMILES string of the molecule is CC(C)(C(=O)NCCc1ccc(Cl)cc1)C(=O)Nc1ccc(C#N)cc1. The first kappa shape index (κ1) is 19.5. The summed E-state index contributed by atoms with van der Waals surface area (Å²) < 4.78 is 0. The van der Waals surface area contributed by atoms with Gasteiger partial charge in [0.05, 0.1) is 11.6 Å². The Bertz CT molecular complexity index is 822. The number of nitriles is 1. The first-order valence-corrected chi connectivity index (χ1v) is 8.55. The lowest BCUT2D eigenvalue weighted by Gasteiger charge is -2.22. The van der Waals surface area contributed by atoms with E-state index < -0.39 is 11.3 Å². The summed E-state index contributed by atoms with van der Waals surface area (Å²) in [5, 5.41) is 15.0. The number of carbonyl (C=O) groups excluding carboxylic acids is 2. The van der Waals surface area contributed by atoms with Crippen LogP contribution in [0.25, 0.3) is 0 Å². The van der Waals surface area contributed by atoms with Crippen molar-refractivity contribution in [2.45, 2.75) is 20.3 Å². The fraction of sp³-hybridized carbons (Fsp3) is 0.250. The van der Waals surface area contributed by atoms with Gasteiger partial charge in [-0.15, -0.1) is 0 Å². The van der Waals surface area contributed by atoms with Crippen LogP contribution in [0.2, 0.25) is 5.02 Å². The highest BCUT2D eigenvalue weighted by atomic mass is 35.5. The molecule has 0 spiro atoms. The molecule has 2 amide bonds. The van der Waals surface area contributed by atoms with Crippen LogP contribution in [-0.4, -0.2) is 18.4 Å². The van der Waals surface area contributed by atoms with Crippen LogP contribution in [0.3, 0.4) is 0 Å². The Morgan fingerprint density at radius 1 is 1.04 bits per heavy atom. The van der Waals surface area contributed by atoms with E-state index in [2.05, 4.69) is 10.6 Å². The second-order valence-corrected chi connectivity index (χ2v) is 6.84. The number of benzene rings is 2. The van der Waals surface area contributed by atoms with Crippen molar-refractivity contribution in [2.24, 2.45) is 5.41 Å². The first-order chi connectivity index (χ1) is 12.3. The molecular formula is C20H20ClN3O2. The molecule has 0 saturated heterocycles. The van der Waals surface area contributed by atoms with Crippen LogP contribution >= 0.6 is 11.6 Å². The minimum atomic E-state index is -1.23. The molecule has 2 rings (SSSR count). The molecule has 0 heterocycles. The molecule has 2 N–H and O–H groups in total. The highest BCUT2D eigenvalue weighted by Gasteiger charge is 2.35. The van der Waals surface area contributed by atoms with Crippen LogP contribution in [0.4, 0.5) is 5.69 Å². The normalized spacial score (nSPS) is 10.7. The number of amides is 2. The minimum Gasteiger partial charge on any atom is -0.355 e. The lowest BCUT2D eigenvalue weighted by atomic mass is 9.90. The number of hydrogen-bond donors (Lipinski definition) is 2. The molecule has 0 bridgehead atoms. The fourth-order valence-corrected chi connectivity index (χ4v) is 2.34. The monoisotopic (exact) mass is 369 g/mol. The van der Waals surface area contributed by atoms with E-state index in [9.17, 15) is 9.59 Å². The third kappa shape index (κ3) is 5.08. The molecule has 0 aliphatic heterocycles. The van der Waals surface area contributed by atoms with Gasteiger partial charge >= 0.3 is 0 Å². The maximum Gasteiger partial charge on any atom is 0.239 e. The van der Waals surface area contributed by atoms with Gasteiger partial charge in [-0.2, -0.15) is 5.26 Å². The number of nitrogens with zero attached hydrogens (tertiary/aromatic N) is 1. The molecular weight excluding hydrogens is 350 g/mol. The Labute approximate surface area is 158 Å². The Morgan fingerprint density at radius 3 is 2.23 bits per heavy atom. The van der Waals surface area contributed by atoms with E-state index >= 15 is 0 Å². The molecule has 0 atom stereocenters. The largest absolute Gasteiger partial charge is 0.355 e. The highest BCUT2D eigenvalue weighted by molar-refractivity contribution is 6.30. The van der Waals surface area contributed by atoms with Gasteiger partial charge < -0.3 is 10.6 Å². The van der Waals surface area contributed by atoms with E-state index in [4.69, 9.17) is 16.9 Å². The molecule has 0 radical (unpaired) electrons. The van der Waals surface area contributed by atoms with Gasteiger partial charge in [-0.3, -0.25) is 9.59 Å². The summed E-state index contributed by atoms with van der Waals surface area (Å²) in [5.74, 6) is -0.760. The van der Waals surface area contributed by atoms with Crippen molar-refractivity contribution in [1.29, 1.82) is 5.26 Å². The number of anilines is 1. The summed E-state index contributed by atoms with van der Waals surface area (Å²) >= 11 is 5.84. The molecule has 0 aliphatic rings. The Balaban J connectivity index is 1.89. The number of rotatable bonds is 6. The second kappa shape index (κ2) is 8.50. The summed E-state index contributed by atoms with van der Waals surface area (Å²) in [5.41, 5.74) is 0.862. The molecule has 0 unspecified atom stereocenters. The molecule has 0 aliphatic carbocycles. The van der Waals surface area contributed by atoms with E-state index in [-0.39, 0.29) is 5.91 Å². The maximum atomic E-state index is 12.4. The van der Waals surface area contributed by atoms with Gasteiger partial charge in [-0.1, -0.05) is 23.7 Å². The number of nitrogens with one attached hydrogen (secondary N) is 2. The molecule has 0 fully saturated rings. The van der Waals surface area contributed by atoms with Crippen LogP contribution in [0.1, 0.15) is 25.0 Å². The third-order valence-corrected chi connectivity index (χ3v) is 4.27. The van der Waals surface area contributed by atoms with Gasteiger partial charge in [0, 0.05) is 17.3 Å². The smallest absolute Gasteiger partial charge is 0.239 e.